The molecule has 2 aliphatic heterocycles. The third-order valence-electron chi connectivity index (χ3n) is 5.94. The highest BCUT2D eigenvalue weighted by Crippen LogP contribution is 2.23. The van der Waals surface area contributed by atoms with Crippen LogP contribution in [0.5, 0.6) is 5.75 Å². The number of urea groups is 1. The molecule has 170 valence electrons. The molecule has 0 radical (unpaired) electrons. The molecule has 10 heteroatoms. The Balaban J connectivity index is 1.39. The lowest BCUT2D eigenvalue weighted by molar-refractivity contribution is -0.130. The summed E-state index contributed by atoms with van der Waals surface area (Å²) < 4.78 is 7.09. The third-order valence-corrected chi connectivity index (χ3v) is 5.94. The van der Waals surface area contributed by atoms with E-state index in [0.29, 0.717) is 38.5 Å². The van der Waals surface area contributed by atoms with Gasteiger partial charge in [0.2, 0.25) is 5.91 Å². The van der Waals surface area contributed by atoms with Crippen LogP contribution >= 0.6 is 0 Å². The fraction of sp³-hybridized carbons (Fsp3) is 0.455. The Morgan fingerprint density at radius 1 is 1.12 bits per heavy atom. The summed E-state index contributed by atoms with van der Waals surface area (Å²) in [4.78, 5) is 41.9. The normalized spacial score (nSPS) is 19.8. The van der Waals surface area contributed by atoms with Crippen molar-refractivity contribution in [2.24, 2.45) is 7.05 Å². The minimum atomic E-state index is -0.388. The van der Waals surface area contributed by atoms with E-state index in [1.807, 2.05) is 36.1 Å². The average molecular weight is 441 g/mol. The van der Waals surface area contributed by atoms with Crippen LogP contribution in [0.25, 0.3) is 11.3 Å². The van der Waals surface area contributed by atoms with E-state index in [9.17, 15) is 14.4 Å². The number of hydrogen-bond acceptors (Lipinski definition) is 6. The van der Waals surface area contributed by atoms with Gasteiger partial charge in [0.05, 0.1) is 24.9 Å². The number of imide groups is 1. The molecule has 1 atom stereocenters. The van der Waals surface area contributed by atoms with E-state index in [4.69, 9.17) is 4.74 Å². The van der Waals surface area contributed by atoms with Crippen molar-refractivity contribution < 1.29 is 19.1 Å². The monoisotopic (exact) mass is 440 g/mol. The minimum Gasteiger partial charge on any atom is -0.494 e. The lowest BCUT2D eigenvalue weighted by atomic mass is 10.1. The molecule has 4 rings (SSSR count). The van der Waals surface area contributed by atoms with Crippen LogP contribution in [0.4, 0.5) is 4.79 Å². The summed E-state index contributed by atoms with van der Waals surface area (Å²) >= 11 is 0. The maximum Gasteiger partial charge on any atom is 0.325 e. The molecular formula is C22H28N6O4. The highest BCUT2D eigenvalue weighted by atomic mass is 16.5. The summed E-state index contributed by atoms with van der Waals surface area (Å²) in [7, 11) is 3.24. The van der Waals surface area contributed by atoms with Crippen molar-refractivity contribution in [1.29, 1.82) is 0 Å². The smallest absolute Gasteiger partial charge is 0.325 e. The van der Waals surface area contributed by atoms with E-state index >= 15 is 0 Å². The second-order valence-corrected chi connectivity index (χ2v) is 7.95. The van der Waals surface area contributed by atoms with Gasteiger partial charge in [0.1, 0.15) is 11.4 Å². The number of piperazine rings is 1. The minimum absolute atomic E-state index is 0.0830. The van der Waals surface area contributed by atoms with E-state index in [1.54, 1.807) is 22.7 Å². The first kappa shape index (κ1) is 21.8. The van der Waals surface area contributed by atoms with E-state index in [0.717, 1.165) is 21.9 Å². The van der Waals surface area contributed by atoms with Crippen LogP contribution in [-0.4, -0.2) is 88.3 Å². The molecule has 1 N–H and O–H groups in total. The Hall–Kier alpha value is -3.40. The maximum atomic E-state index is 13.1. The predicted octanol–water partition coefficient (Wildman–Crippen LogP) is 1.14. The van der Waals surface area contributed by atoms with Crippen LogP contribution in [-0.2, 0) is 11.8 Å². The zero-order valence-electron chi connectivity index (χ0n) is 18.6. The summed E-state index contributed by atoms with van der Waals surface area (Å²) in [5, 5.41) is 7.36. The Bertz CT molecular complexity index is 992. The molecule has 1 unspecified atom stereocenters. The molecule has 2 aromatic rings. The molecule has 4 amide bonds. The van der Waals surface area contributed by atoms with Gasteiger partial charge in [-0.15, -0.1) is 0 Å². The van der Waals surface area contributed by atoms with Gasteiger partial charge in [-0.1, -0.05) is 0 Å². The van der Waals surface area contributed by atoms with Crippen LogP contribution < -0.4 is 10.1 Å². The zero-order chi connectivity index (χ0) is 22.8. The first-order valence-corrected chi connectivity index (χ1v) is 10.7. The zero-order valence-corrected chi connectivity index (χ0v) is 18.6. The lowest BCUT2D eigenvalue weighted by Gasteiger charge is -2.41. The number of ether oxygens (including phenoxy) is 1. The van der Waals surface area contributed by atoms with Gasteiger partial charge in [0.15, 0.2) is 0 Å². The van der Waals surface area contributed by atoms with Crippen molar-refractivity contribution in [3.8, 4) is 17.0 Å². The molecule has 0 aliphatic carbocycles. The van der Waals surface area contributed by atoms with E-state index in [-0.39, 0.29) is 30.4 Å². The number of carbonyl (C=O) groups excluding carboxylic acids is 3. The fourth-order valence-electron chi connectivity index (χ4n) is 4.02. The second-order valence-electron chi connectivity index (χ2n) is 7.95. The molecule has 1 aromatic carbocycles. The second kappa shape index (κ2) is 8.99. The summed E-state index contributed by atoms with van der Waals surface area (Å²) in [6.07, 6.45) is -0.0879. The molecule has 2 fully saturated rings. The Kier molecular flexibility index (Phi) is 6.13. The molecule has 10 nitrogen and oxygen atoms in total. The van der Waals surface area contributed by atoms with Crippen molar-refractivity contribution in [1.82, 2.24) is 29.8 Å². The van der Waals surface area contributed by atoms with Gasteiger partial charge in [0.25, 0.3) is 5.91 Å². The van der Waals surface area contributed by atoms with Crippen LogP contribution in [0.15, 0.2) is 30.3 Å². The Morgan fingerprint density at radius 3 is 2.44 bits per heavy atom. The third kappa shape index (κ3) is 4.31. The SMILES string of the molecule is CCOc1ccc(-c2cc(C(=O)N3CCN(C4CC(=O)N(C)C(=O)N4)CC3)n(C)n2)cc1. The van der Waals surface area contributed by atoms with Gasteiger partial charge >= 0.3 is 6.03 Å². The molecule has 2 aliphatic rings. The molecule has 3 heterocycles. The van der Waals surface area contributed by atoms with Crippen molar-refractivity contribution in [3.05, 3.63) is 36.0 Å². The quantitative estimate of drug-likeness (QED) is 0.749. The van der Waals surface area contributed by atoms with Gasteiger partial charge in [-0.25, -0.2) is 4.79 Å². The largest absolute Gasteiger partial charge is 0.494 e. The van der Waals surface area contributed by atoms with E-state index < -0.39 is 0 Å². The molecule has 0 bridgehead atoms. The van der Waals surface area contributed by atoms with Gasteiger partial charge in [-0.2, -0.15) is 5.10 Å². The van der Waals surface area contributed by atoms with E-state index in [1.165, 1.54) is 7.05 Å². The first-order valence-electron chi connectivity index (χ1n) is 10.7. The Morgan fingerprint density at radius 2 is 1.81 bits per heavy atom. The highest BCUT2D eigenvalue weighted by molar-refractivity contribution is 5.97. The number of carbonyl (C=O) groups is 3. The van der Waals surface area contributed by atoms with Gasteiger partial charge < -0.3 is 15.0 Å². The number of nitrogens with one attached hydrogen (secondary N) is 1. The van der Waals surface area contributed by atoms with Gasteiger partial charge in [-0.05, 0) is 37.3 Å². The van der Waals surface area contributed by atoms with Crippen LogP contribution in [0.1, 0.15) is 23.8 Å². The molecule has 1 aromatic heterocycles. The van der Waals surface area contributed by atoms with Crippen molar-refractivity contribution in [2.75, 3.05) is 39.8 Å². The van der Waals surface area contributed by atoms with Gasteiger partial charge in [0, 0.05) is 45.8 Å². The number of rotatable bonds is 5. The Labute approximate surface area is 186 Å². The maximum absolute atomic E-state index is 13.1. The fourth-order valence-corrected chi connectivity index (χ4v) is 4.02. The number of aryl methyl sites for hydroxylation is 1. The molecule has 2 saturated heterocycles. The number of benzene rings is 1. The summed E-state index contributed by atoms with van der Waals surface area (Å²) in [6, 6.07) is 9.05. The van der Waals surface area contributed by atoms with Crippen LogP contribution in [0.2, 0.25) is 0 Å². The lowest BCUT2D eigenvalue weighted by Crippen LogP contribution is -2.62. The average Bonchev–Trinajstić information content (AvgIpc) is 3.19. The van der Waals surface area contributed by atoms with Crippen molar-refractivity contribution >= 4 is 17.8 Å². The number of hydrogen-bond donors (Lipinski definition) is 1. The molecule has 0 saturated carbocycles. The summed E-state index contributed by atoms with van der Waals surface area (Å²) in [6.45, 7) is 4.73. The molecular weight excluding hydrogens is 412 g/mol. The number of amides is 4. The predicted molar refractivity (Wildman–Crippen MR) is 117 cm³/mol. The first-order chi connectivity index (χ1) is 15.4. The number of aromatic nitrogens is 2. The molecule has 0 spiro atoms. The summed E-state index contributed by atoms with van der Waals surface area (Å²) in [5.41, 5.74) is 2.16. The van der Waals surface area contributed by atoms with E-state index in [2.05, 4.69) is 10.4 Å². The topological polar surface area (TPSA) is 100 Å². The van der Waals surface area contributed by atoms with Crippen molar-refractivity contribution in [3.63, 3.8) is 0 Å². The summed E-state index contributed by atoms with van der Waals surface area (Å²) in [5.74, 6) is 0.512. The van der Waals surface area contributed by atoms with Crippen LogP contribution in [0, 0.1) is 0 Å². The standard InChI is InChI=1S/C22H28N6O4/c1-4-32-16-7-5-15(6-8-16)17-13-18(26(3)24-17)21(30)28-11-9-27(10-12-28)19-14-20(29)25(2)22(31)23-19/h5-8,13,19H,4,9-12,14H2,1-3H3,(H,23,31). The van der Waals surface area contributed by atoms with Gasteiger partial charge in [-0.3, -0.25) is 24.1 Å². The van der Waals surface area contributed by atoms with Crippen LogP contribution in [0.3, 0.4) is 0 Å². The van der Waals surface area contributed by atoms with Crippen molar-refractivity contribution in [2.45, 2.75) is 19.5 Å². The highest BCUT2D eigenvalue weighted by Gasteiger charge is 2.35. The number of nitrogens with zero attached hydrogens (tertiary/aromatic N) is 5. The molecule has 32 heavy (non-hydrogen) atoms.